The Hall–Kier alpha value is -3.71. The molecule has 31 heavy (non-hydrogen) atoms. The number of aromatic nitrogens is 1. The van der Waals surface area contributed by atoms with E-state index in [4.69, 9.17) is 5.11 Å². The number of halogens is 1. The number of fused-ring (bicyclic) bond motifs is 1. The van der Waals surface area contributed by atoms with E-state index in [2.05, 4.69) is 63.9 Å². The van der Waals surface area contributed by atoms with E-state index >= 15 is 0 Å². The molecule has 2 aromatic carbocycles. The van der Waals surface area contributed by atoms with Gasteiger partial charge in [-0.2, -0.15) is 0 Å². The second-order valence-corrected chi connectivity index (χ2v) is 6.89. The van der Waals surface area contributed by atoms with Gasteiger partial charge in [0.05, 0.1) is 6.04 Å². The molecular weight excluding hydrogens is 397 g/mol. The van der Waals surface area contributed by atoms with Crippen molar-refractivity contribution in [3.8, 4) is 0 Å². The van der Waals surface area contributed by atoms with Crippen molar-refractivity contribution >= 4 is 18.0 Å². The number of nitrogens with one attached hydrogen (secondary N) is 2. The SMILES string of the molecule is O=C(O)CNC(=O)/C=C/c1ccccc1F.c1ccc(C2NCCn3cccc32)cc1. The van der Waals surface area contributed by atoms with Crippen molar-refractivity contribution in [1.82, 2.24) is 15.2 Å². The summed E-state index contributed by atoms with van der Waals surface area (Å²) in [5.74, 6) is -2.15. The van der Waals surface area contributed by atoms with Gasteiger partial charge in [-0.1, -0.05) is 48.5 Å². The number of nitrogens with zero attached hydrogens (tertiary/aromatic N) is 1. The van der Waals surface area contributed by atoms with E-state index < -0.39 is 24.2 Å². The summed E-state index contributed by atoms with van der Waals surface area (Å²) in [6.45, 7) is 1.66. The topological polar surface area (TPSA) is 83.4 Å². The summed E-state index contributed by atoms with van der Waals surface area (Å²) in [5.41, 5.74) is 2.98. The lowest BCUT2D eigenvalue weighted by Gasteiger charge is -2.26. The Morgan fingerprint density at radius 2 is 1.84 bits per heavy atom. The standard InChI is InChI=1S/C13H14N2.C11H10FNO3/c1-2-5-11(6-3-1)13-12-7-4-9-15(12)10-8-14-13;12-9-4-2-1-3-8(9)5-6-10(14)13-7-11(15)16/h1-7,9,13-14H,8,10H2;1-6H,7H2,(H,13,14)(H,15,16)/b;6-5+. The third-order valence-corrected chi connectivity index (χ3v) is 4.73. The molecule has 0 fully saturated rings. The van der Waals surface area contributed by atoms with Gasteiger partial charge in [0, 0.05) is 36.6 Å². The number of benzene rings is 2. The fourth-order valence-electron chi connectivity index (χ4n) is 3.26. The number of carboxylic acid groups (broad SMARTS) is 1. The summed E-state index contributed by atoms with van der Waals surface area (Å²) in [4.78, 5) is 21.2. The van der Waals surface area contributed by atoms with Gasteiger partial charge >= 0.3 is 5.97 Å². The number of aliphatic carboxylic acids is 1. The van der Waals surface area contributed by atoms with Gasteiger partial charge in [0.15, 0.2) is 0 Å². The Labute approximate surface area is 180 Å². The zero-order chi connectivity index (χ0) is 22.1. The third-order valence-electron chi connectivity index (χ3n) is 4.73. The van der Waals surface area contributed by atoms with Crippen LogP contribution < -0.4 is 10.6 Å². The number of rotatable bonds is 5. The average molecular weight is 421 g/mol. The number of amides is 1. The molecule has 3 aromatic rings. The smallest absolute Gasteiger partial charge is 0.322 e. The first-order valence-corrected chi connectivity index (χ1v) is 9.90. The van der Waals surface area contributed by atoms with E-state index in [0.717, 1.165) is 19.2 Å². The van der Waals surface area contributed by atoms with E-state index in [1.165, 1.54) is 35.5 Å². The summed E-state index contributed by atoms with van der Waals surface area (Å²) in [6, 6.07) is 21.3. The highest BCUT2D eigenvalue weighted by atomic mass is 19.1. The molecule has 6 nitrogen and oxygen atoms in total. The quantitative estimate of drug-likeness (QED) is 0.553. The lowest BCUT2D eigenvalue weighted by Crippen LogP contribution is -2.33. The number of carbonyl (C=O) groups is 2. The van der Waals surface area contributed by atoms with E-state index in [9.17, 15) is 14.0 Å². The highest BCUT2D eigenvalue weighted by molar-refractivity contribution is 5.93. The highest BCUT2D eigenvalue weighted by Gasteiger charge is 2.19. The fraction of sp³-hybridized carbons (Fsp3) is 0.167. The lowest BCUT2D eigenvalue weighted by molar-refractivity contribution is -0.137. The molecule has 0 bridgehead atoms. The molecule has 2 heterocycles. The molecule has 160 valence electrons. The lowest BCUT2D eigenvalue weighted by atomic mass is 10.0. The van der Waals surface area contributed by atoms with Gasteiger partial charge in [0.1, 0.15) is 12.4 Å². The van der Waals surface area contributed by atoms with Crippen LogP contribution in [-0.4, -0.2) is 34.6 Å². The number of hydrogen-bond acceptors (Lipinski definition) is 3. The minimum atomic E-state index is -1.13. The fourth-order valence-corrected chi connectivity index (χ4v) is 3.26. The first-order valence-electron chi connectivity index (χ1n) is 9.90. The molecule has 3 N–H and O–H groups in total. The Bertz CT molecular complexity index is 1050. The van der Waals surface area contributed by atoms with Crippen LogP contribution in [0.1, 0.15) is 22.9 Å². The molecule has 1 atom stereocenters. The molecular formula is C24H24FN3O3. The van der Waals surface area contributed by atoms with Crippen molar-refractivity contribution in [2.24, 2.45) is 0 Å². The van der Waals surface area contributed by atoms with Crippen LogP contribution in [0.15, 0.2) is 79.0 Å². The molecule has 1 unspecified atom stereocenters. The normalized spacial score (nSPS) is 14.9. The Morgan fingerprint density at radius 1 is 1.10 bits per heavy atom. The van der Waals surface area contributed by atoms with Crippen molar-refractivity contribution in [3.63, 3.8) is 0 Å². The molecule has 1 aromatic heterocycles. The zero-order valence-electron chi connectivity index (χ0n) is 16.9. The van der Waals surface area contributed by atoms with Crippen LogP contribution in [0.3, 0.4) is 0 Å². The first kappa shape index (κ1) is 22.0. The van der Waals surface area contributed by atoms with Crippen LogP contribution in [0.4, 0.5) is 4.39 Å². The zero-order valence-corrected chi connectivity index (χ0v) is 16.9. The number of carboxylic acids is 1. The van der Waals surface area contributed by atoms with Gasteiger partial charge in [-0.25, -0.2) is 4.39 Å². The van der Waals surface area contributed by atoms with Gasteiger partial charge in [-0.15, -0.1) is 0 Å². The van der Waals surface area contributed by atoms with Crippen LogP contribution in [-0.2, 0) is 16.1 Å². The van der Waals surface area contributed by atoms with Gasteiger partial charge in [0.2, 0.25) is 5.91 Å². The van der Waals surface area contributed by atoms with E-state index in [0.29, 0.717) is 6.04 Å². The van der Waals surface area contributed by atoms with Gasteiger partial charge in [-0.05, 0) is 29.8 Å². The number of carbonyl (C=O) groups excluding carboxylic acids is 1. The molecule has 0 saturated carbocycles. The monoisotopic (exact) mass is 421 g/mol. The maximum absolute atomic E-state index is 13.1. The molecule has 1 aliphatic heterocycles. The molecule has 0 saturated heterocycles. The Balaban J connectivity index is 0.000000176. The maximum Gasteiger partial charge on any atom is 0.322 e. The molecule has 1 aliphatic rings. The van der Waals surface area contributed by atoms with Crippen molar-refractivity contribution < 1.29 is 19.1 Å². The Morgan fingerprint density at radius 3 is 2.58 bits per heavy atom. The summed E-state index contributed by atoms with van der Waals surface area (Å²) in [5, 5.41) is 14.0. The van der Waals surface area contributed by atoms with Crippen LogP contribution in [0.5, 0.6) is 0 Å². The van der Waals surface area contributed by atoms with Gasteiger partial charge < -0.3 is 20.3 Å². The molecule has 0 radical (unpaired) electrons. The maximum atomic E-state index is 13.1. The second kappa shape index (κ2) is 10.9. The largest absolute Gasteiger partial charge is 0.480 e. The number of hydrogen-bond donors (Lipinski definition) is 3. The first-order chi connectivity index (χ1) is 15.0. The predicted molar refractivity (Wildman–Crippen MR) is 117 cm³/mol. The van der Waals surface area contributed by atoms with Gasteiger partial charge in [0.25, 0.3) is 0 Å². The minimum absolute atomic E-state index is 0.271. The van der Waals surface area contributed by atoms with Crippen molar-refractivity contribution in [2.75, 3.05) is 13.1 Å². The van der Waals surface area contributed by atoms with E-state index in [1.54, 1.807) is 6.07 Å². The van der Waals surface area contributed by atoms with Crippen LogP contribution in [0.25, 0.3) is 6.08 Å². The van der Waals surface area contributed by atoms with Crippen molar-refractivity contribution in [1.29, 1.82) is 0 Å². The second-order valence-electron chi connectivity index (χ2n) is 6.89. The summed E-state index contributed by atoms with van der Waals surface area (Å²) >= 11 is 0. The summed E-state index contributed by atoms with van der Waals surface area (Å²) < 4.78 is 15.4. The van der Waals surface area contributed by atoms with E-state index in [1.807, 2.05) is 0 Å². The van der Waals surface area contributed by atoms with Crippen molar-refractivity contribution in [3.05, 3.63) is 102 Å². The molecule has 4 rings (SSSR count). The molecule has 0 spiro atoms. The van der Waals surface area contributed by atoms with E-state index in [-0.39, 0.29) is 5.56 Å². The summed E-state index contributed by atoms with van der Waals surface area (Å²) in [7, 11) is 0. The predicted octanol–water partition coefficient (Wildman–Crippen LogP) is 3.22. The average Bonchev–Trinajstić information content (AvgIpc) is 3.27. The Kier molecular flexibility index (Phi) is 7.73. The summed E-state index contributed by atoms with van der Waals surface area (Å²) in [6.07, 6.45) is 4.53. The molecule has 0 aliphatic carbocycles. The van der Waals surface area contributed by atoms with Gasteiger partial charge in [-0.3, -0.25) is 9.59 Å². The third kappa shape index (κ3) is 6.38. The highest BCUT2D eigenvalue weighted by Crippen LogP contribution is 2.24. The molecule has 1 amide bonds. The minimum Gasteiger partial charge on any atom is -0.480 e. The van der Waals surface area contributed by atoms with Crippen LogP contribution >= 0.6 is 0 Å². The van der Waals surface area contributed by atoms with Crippen LogP contribution in [0, 0.1) is 5.82 Å². The van der Waals surface area contributed by atoms with Crippen molar-refractivity contribution in [2.45, 2.75) is 12.6 Å². The van der Waals surface area contributed by atoms with Crippen LogP contribution in [0.2, 0.25) is 0 Å². The molecule has 7 heteroatoms.